The highest BCUT2D eigenvalue weighted by Crippen LogP contribution is 2.41. The Balaban J connectivity index is 2.35. The molecular formula is C16H12O5. The van der Waals surface area contributed by atoms with Crippen molar-refractivity contribution < 1.29 is 23.8 Å². The molecule has 0 aromatic heterocycles. The number of carbonyl (C=O) groups is 2. The molecule has 1 heterocycles. The lowest BCUT2D eigenvalue weighted by Gasteiger charge is -2.20. The van der Waals surface area contributed by atoms with Gasteiger partial charge in [0, 0.05) is 10.8 Å². The summed E-state index contributed by atoms with van der Waals surface area (Å²) in [5.74, 6) is 0.473. The summed E-state index contributed by atoms with van der Waals surface area (Å²) in [5, 5.41) is 1.56. The molecule has 21 heavy (non-hydrogen) atoms. The zero-order valence-corrected chi connectivity index (χ0v) is 11.5. The van der Waals surface area contributed by atoms with Crippen LogP contribution in [0.3, 0.4) is 0 Å². The molecule has 0 saturated heterocycles. The maximum absolute atomic E-state index is 11.7. The number of ether oxygens (including phenoxy) is 3. The van der Waals surface area contributed by atoms with Gasteiger partial charge in [-0.2, -0.15) is 0 Å². The quantitative estimate of drug-likeness (QED) is 0.640. The van der Waals surface area contributed by atoms with Gasteiger partial charge in [0.05, 0.1) is 19.8 Å². The molecule has 0 fully saturated rings. The van der Waals surface area contributed by atoms with Crippen LogP contribution in [-0.2, 0) is 9.53 Å². The number of esters is 1. The average molecular weight is 284 g/mol. The van der Waals surface area contributed by atoms with E-state index in [4.69, 9.17) is 9.47 Å². The van der Waals surface area contributed by atoms with Crippen molar-refractivity contribution in [3.05, 3.63) is 41.2 Å². The number of carbonyl (C=O) groups excluding carboxylic acids is 2. The van der Waals surface area contributed by atoms with Crippen LogP contribution in [0.1, 0.15) is 15.9 Å². The van der Waals surface area contributed by atoms with Crippen molar-refractivity contribution in [3.63, 3.8) is 0 Å². The first kappa shape index (κ1) is 13.2. The molecule has 5 nitrogen and oxygen atoms in total. The summed E-state index contributed by atoms with van der Waals surface area (Å²) in [6, 6.07) is 7.05. The van der Waals surface area contributed by atoms with Crippen LogP contribution in [0, 0.1) is 0 Å². The molecule has 0 atom stereocenters. The van der Waals surface area contributed by atoms with Crippen LogP contribution in [0.4, 0.5) is 0 Å². The van der Waals surface area contributed by atoms with Crippen molar-refractivity contribution in [1.82, 2.24) is 0 Å². The predicted molar refractivity (Wildman–Crippen MR) is 76.5 cm³/mol. The molecule has 0 saturated carbocycles. The highest BCUT2D eigenvalue weighted by atomic mass is 16.6. The van der Waals surface area contributed by atoms with Gasteiger partial charge >= 0.3 is 5.97 Å². The van der Waals surface area contributed by atoms with E-state index >= 15 is 0 Å². The van der Waals surface area contributed by atoms with E-state index in [1.807, 2.05) is 6.07 Å². The predicted octanol–water partition coefficient (Wildman–Crippen LogP) is 2.57. The van der Waals surface area contributed by atoms with Crippen LogP contribution in [-0.4, -0.2) is 26.5 Å². The fourth-order valence-electron chi connectivity index (χ4n) is 2.41. The fourth-order valence-corrected chi connectivity index (χ4v) is 2.41. The lowest BCUT2D eigenvalue weighted by Crippen LogP contribution is -2.14. The molecule has 0 aliphatic carbocycles. The highest BCUT2D eigenvalue weighted by Gasteiger charge is 2.24. The Bertz CT molecular complexity index is 789. The van der Waals surface area contributed by atoms with Crippen molar-refractivity contribution in [1.29, 1.82) is 0 Å². The Labute approximate surface area is 120 Å². The topological polar surface area (TPSA) is 61.8 Å². The van der Waals surface area contributed by atoms with Gasteiger partial charge in [0.1, 0.15) is 11.5 Å². The van der Waals surface area contributed by atoms with E-state index in [0.29, 0.717) is 23.3 Å². The molecule has 0 bridgehead atoms. The summed E-state index contributed by atoms with van der Waals surface area (Å²) in [5.41, 5.74) is 1.14. The number of hydrogen-bond acceptors (Lipinski definition) is 5. The largest absolute Gasteiger partial charge is 0.496 e. The SMILES string of the molecule is COC(=O)C1=Cc2ccc(OC)c3ccc(C=O)c(c23)O1. The standard InChI is InChI=1S/C16H12O5/c1-19-12-6-4-9-7-13(16(18)20-2)21-15-10(8-17)3-5-11(12)14(9)15/h3-8H,1-2H3. The first-order valence-corrected chi connectivity index (χ1v) is 6.26. The maximum Gasteiger partial charge on any atom is 0.373 e. The summed E-state index contributed by atoms with van der Waals surface area (Å²) < 4.78 is 15.6. The van der Waals surface area contributed by atoms with Crippen LogP contribution < -0.4 is 9.47 Å². The van der Waals surface area contributed by atoms with Gasteiger partial charge in [-0.15, -0.1) is 0 Å². The molecule has 5 heteroatoms. The van der Waals surface area contributed by atoms with E-state index < -0.39 is 5.97 Å². The molecule has 0 spiro atoms. The normalized spacial score (nSPS) is 12.4. The van der Waals surface area contributed by atoms with Crippen molar-refractivity contribution >= 4 is 29.1 Å². The van der Waals surface area contributed by atoms with Gasteiger partial charge < -0.3 is 14.2 Å². The first-order chi connectivity index (χ1) is 10.2. The molecular weight excluding hydrogens is 272 g/mol. The second kappa shape index (κ2) is 4.94. The summed E-state index contributed by atoms with van der Waals surface area (Å²) in [6.07, 6.45) is 2.29. The first-order valence-electron chi connectivity index (χ1n) is 6.26. The van der Waals surface area contributed by atoms with Crippen LogP contribution in [0.5, 0.6) is 11.5 Å². The molecule has 2 aromatic carbocycles. The van der Waals surface area contributed by atoms with E-state index in [2.05, 4.69) is 4.74 Å². The molecule has 106 valence electrons. The van der Waals surface area contributed by atoms with Gasteiger partial charge in [0.25, 0.3) is 0 Å². The van der Waals surface area contributed by atoms with Crippen molar-refractivity contribution in [2.75, 3.05) is 14.2 Å². The highest BCUT2D eigenvalue weighted by molar-refractivity contribution is 6.07. The Morgan fingerprint density at radius 2 is 2.00 bits per heavy atom. The zero-order valence-electron chi connectivity index (χ0n) is 11.5. The van der Waals surface area contributed by atoms with Crippen LogP contribution in [0.2, 0.25) is 0 Å². The number of rotatable bonds is 3. The molecule has 1 aliphatic heterocycles. The van der Waals surface area contributed by atoms with E-state index in [0.717, 1.165) is 16.3 Å². The summed E-state index contributed by atoms with van der Waals surface area (Å²) >= 11 is 0. The van der Waals surface area contributed by atoms with Gasteiger partial charge in [-0.3, -0.25) is 4.79 Å². The molecule has 0 N–H and O–H groups in total. The zero-order chi connectivity index (χ0) is 15.0. The third-order valence-electron chi connectivity index (χ3n) is 3.39. The third kappa shape index (κ3) is 1.94. The molecule has 0 radical (unpaired) electrons. The molecule has 0 unspecified atom stereocenters. The van der Waals surface area contributed by atoms with Gasteiger partial charge in [-0.05, 0) is 29.8 Å². The molecule has 3 rings (SSSR count). The number of benzene rings is 2. The Morgan fingerprint density at radius 3 is 2.67 bits per heavy atom. The number of methoxy groups -OCH3 is 2. The van der Waals surface area contributed by atoms with Gasteiger partial charge in [-0.25, -0.2) is 4.79 Å². The number of hydrogen-bond donors (Lipinski definition) is 0. The minimum absolute atomic E-state index is 0.0470. The summed E-state index contributed by atoms with van der Waals surface area (Å²) in [7, 11) is 2.85. The van der Waals surface area contributed by atoms with Gasteiger partial charge in [0.15, 0.2) is 6.29 Å². The fraction of sp³-hybridized carbons (Fsp3) is 0.125. The smallest absolute Gasteiger partial charge is 0.373 e. The van der Waals surface area contributed by atoms with Crippen molar-refractivity contribution in [2.45, 2.75) is 0 Å². The van der Waals surface area contributed by atoms with Gasteiger partial charge in [0.2, 0.25) is 5.76 Å². The maximum atomic E-state index is 11.7. The Hall–Kier alpha value is -2.82. The van der Waals surface area contributed by atoms with Crippen molar-refractivity contribution in [2.24, 2.45) is 0 Å². The molecule has 0 amide bonds. The second-order valence-corrected chi connectivity index (χ2v) is 4.48. The lowest BCUT2D eigenvalue weighted by atomic mass is 9.97. The minimum Gasteiger partial charge on any atom is -0.496 e. The molecule has 1 aliphatic rings. The lowest BCUT2D eigenvalue weighted by molar-refractivity contribution is -0.138. The van der Waals surface area contributed by atoms with Crippen LogP contribution >= 0.6 is 0 Å². The number of aldehydes is 1. The van der Waals surface area contributed by atoms with E-state index in [9.17, 15) is 9.59 Å². The molecule has 2 aromatic rings. The van der Waals surface area contributed by atoms with Crippen LogP contribution in [0.25, 0.3) is 16.8 Å². The minimum atomic E-state index is -0.592. The summed E-state index contributed by atoms with van der Waals surface area (Å²) in [4.78, 5) is 22.9. The Morgan fingerprint density at radius 1 is 1.19 bits per heavy atom. The third-order valence-corrected chi connectivity index (χ3v) is 3.39. The summed E-state index contributed by atoms with van der Waals surface area (Å²) in [6.45, 7) is 0. The average Bonchev–Trinajstić information content (AvgIpc) is 2.54. The van der Waals surface area contributed by atoms with Crippen molar-refractivity contribution in [3.8, 4) is 11.5 Å². The van der Waals surface area contributed by atoms with Crippen LogP contribution in [0.15, 0.2) is 30.0 Å². The van der Waals surface area contributed by atoms with E-state index in [1.54, 1.807) is 31.4 Å². The van der Waals surface area contributed by atoms with E-state index in [-0.39, 0.29) is 5.76 Å². The van der Waals surface area contributed by atoms with E-state index in [1.165, 1.54) is 7.11 Å². The van der Waals surface area contributed by atoms with Gasteiger partial charge in [-0.1, -0.05) is 6.07 Å². The monoisotopic (exact) mass is 284 g/mol. The Kier molecular flexibility index (Phi) is 3.10. The second-order valence-electron chi connectivity index (χ2n) is 4.48.